The van der Waals surface area contributed by atoms with E-state index in [9.17, 15) is 9.59 Å². The molecule has 6 heteroatoms. The number of benzene rings is 2. The third-order valence-corrected chi connectivity index (χ3v) is 4.39. The van der Waals surface area contributed by atoms with Crippen molar-refractivity contribution in [3.8, 4) is 17.2 Å². The molecule has 0 fully saturated rings. The van der Waals surface area contributed by atoms with E-state index in [-0.39, 0.29) is 23.6 Å². The summed E-state index contributed by atoms with van der Waals surface area (Å²) in [7, 11) is 0. The highest BCUT2D eigenvalue weighted by atomic mass is 16.6. The minimum absolute atomic E-state index is 0.115. The second kappa shape index (κ2) is 9.53. The van der Waals surface area contributed by atoms with Crippen molar-refractivity contribution in [2.75, 3.05) is 6.54 Å². The number of carbonyl (C=O) groups excluding carboxylic acids is 2. The second-order valence-corrected chi connectivity index (χ2v) is 8.23. The van der Waals surface area contributed by atoms with Gasteiger partial charge in [0, 0.05) is 23.5 Å². The number of nitrogens with one attached hydrogen (secondary N) is 1. The average Bonchev–Trinajstić information content (AvgIpc) is 2.75. The van der Waals surface area contributed by atoms with Crippen LogP contribution < -0.4 is 14.8 Å². The zero-order valence-corrected chi connectivity index (χ0v) is 18.1. The van der Waals surface area contributed by atoms with Gasteiger partial charge < -0.3 is 14.8 Å². The Bertz CT molecular complexity index is 1060. The van der Waals surface area contributed by atoms with Crippen LogP contribution in [-0.4, -0.2) is 28.8 Å². The lowest BCUT2D eigenvalue weighted by Crippen LogP contribution is -2.39. The minimum atomic E-state index is -0.584. The largest absolute Gasteiger partial charge is 0.453 e. The van der Waals surface area contributed by atoms with Crippen molar-refractivity contribution in [1.82, 2.24) is 10.3 Å². The lowest BCUT2D eigenvalue weighted by molar-refractivity contribution is 0.0729. The number of ketones is 1. The SMILES string of the molecule is Cc1ccc(Oc2ccc(C(=O)CNC(C)(C)C)cc2OC(=O)c2cccnc2)cc1. The van der Waals surface area contributed by atoms with Crippen molar-refractivity contribution < 1.29 is 19.1 Å². The highest BCUT2D eigenvalue weighted by Gasteiger charge is 2.18. The minimum Gasteiger partial charge on any atom is -0.453 e. The Labute approximate surface area is 182 Å². The Kier molecular flexibility index (Phi) is 6.82. The van der Waals surface area contributed by atoms with Crippen molar-refractivity contribution in [2.45, 2.75) is 33.2 Å². The summed E-state index contributed by atoms with van der Waals surface area (Å²) in [5.41, 5.74) is 1.62. The molecule has 0 aliphatic heterocycles. The molecule has 0 amide bonds. The van der Waals surface area contributed by atoms with Gasteiger partial charge in [0.2, 0.25) is 0 Å². The lowest BCUT2D eigenvalue weighted by atomic mass is 10.1. The molecule has 2 aromatic carbocycles. The fourth-order valence-electron chi connectivity index (χ4n) is 2.67. The van der Waals surface area contributed by atoms with E-state index in [2.05, 4.69) is 10.3 Å². The van der Waals surface area contributed by atoms with Crippen molar-refractivity contribution in [2.24, 2.45) is 0 Å². The highest BCUT2D eigenvalue weighted by molar-refractivity contribution is 5.98. The number of hydrogen-bond acceptors (Lipinski definition) is 6. The number of esters is 1. The molecule has 0 unspecified atom stereocenters. The Morgan fingerprint density at radius 2 is 1.71 bits per heavy atom. The monoisotopic (exact) mass is 418 g/mol. The summed E-state index contributed by atoms with van der Waals surface area (Å²) < 4.78 is 11.5. The fourth-order valence-corrected chi connectivity index (χ4v) is 2.67. The van der Waals surface area contributed by atoms with Crippen LogP contribution in [0.3, 0.4) is 0 Å². The van der Waals surface area contributed by atoms with Gasteiger partial charge in [-0.1, -0.05) is 17.7 Å². The van der Waals surface area contributed by atoms with Crippen LogP contribution in [0.1, 0.15) is 47.1 Å². The molecular formula is C25H26N2O4. The van der Waals surface area contributed by atoms with Gasteiger partial charge in [0.25, 0.3) is 0 Å². The highest BCUT2D eigenvalue weighted by Crippen LogP contribution is 2.33. The Balaban J connectivity index is 1.88. The van der Waals surface area contributed by atoms with E-state index in [4.69, 9.17) is 9.47 Å². The smallest absolute Gasteiger partial charge is 0.345 e. The molecule has 0 saturated heterocycles. The van der Waals surface area contributed by atoms with Crippen LogP contribution in [0.2, 0.25) is 0 Å². The van der Waals surface area contributed by atoms with Gasteiger partial charge in [-0.2, -0.15) is 0 Å². The summed E-state index contributed by atoms with van der Waals surface area (Å²) >= 11 is 0. The van der Waals surface area contributed by atoms with Gasteiger partial charge in [-0.15, -0.1) is 0 Å². The standard InChI is InChI=1S/C25H26N2O4/c1-17-7-10-20(11-8-17)30-22-12-9-18(21(28)16-27-25(2,3)4)14-23(22)31-24(29)19-6-5-13-26-15-19/h5-15,27H,16H2,1-4H3. The summed E-state index contributed by atoms with van der Waals surface area (Å²) in [6.07, 6.45) is 3.00. The molecule has 3 rings (SSSR count). The summed E-state index contributed by atoms with van der Waals surface area (Å²) in [4.78, 5) is 29.2. The van der Waals surface area contributed by atoms with Gasteiger partial charge in [0.15, 0.2) is 17.3 Å². The normalized spacial score (nSPS) is 11.1. The van der Waals surface area contributed by atoms with Crippen LogP contribution in [0.25, 0.3) is 0 Å². The topological polar surface area (TPSA) is 77.5 Å². The van der Waals surface area contributed by atoms with Crippen LogP contribution in [0, 0.1) is 6.92 Å². The van der Waals surface area contributed by atoms with Crippen LogP contribution in [0.15, 0.2) is 67.0 Å². The number of ether oxygens (including phenoxy) is 2. The molecule has 1 heterocycles. The molecular weight excluding hydrogens is 392 g/mol. The molecule has 0 atom stereocenters. The molecule has 1 aromatic heterocycles. The Morgan fingerprint density at radius 3 is 2.35 bits per heavy atom. The molecule has 31 heavy (non-hydrogen) atoms. The third-order valence-electron chi connectivity index (χ3n) is 4.39. The summed E-state index contributed by atoms with van der Waals surface area (Å²) in [5.74, 6) is 0.393. The predicted octanol–water partition coefficient (Wildman–Crippen LogP) is 4.97. The number of Topliss-reactive ketones (excluding diaryl/α,β-unsaturated/α-hetero) is 1. The fraction of sp³-hybridized carbons (Fsp3) is 0.240. The molecule has 6 nitrogen and oxygen atoms in total. The van der Waals surface area contributed by atoms with Crippen molar-refractivity contribution >= 4 is 11.8 Å². The first-order chi connectivity index (χ1) is 14.7. The van der Waals surface area contributed by atoms with Crippen LogP contribution in [0.5, 0.6) is 17.2 Å². The van der Waals surface area contributed by atoms with E-state index in [0.717, 1.165) is 5.56 Å². The first-order valence-electron chi connectivity index (χ1n) is 10.0. The molecule has 0 radical (unpaired) electrons. The zero-order valence-electron chi connectivity index (χ0n) is 18.1. The van der Waals surface area contributed by atoms with Crippen molar-refractivity contribution in [1.29, 1.82) is 0 Å². The summed E-state index contributed by atoms with van der Waals surface area (Å²) in [6, 6.07) is 15.6. The van der Waals surface area contributed by atoms with Crippen LogP contribution >= 0.6 is 0 Å². The number of nitrogens with zero attached hydrogens (tertiary/aromatic N) is 1. The summed E-state index contributed by atoms with van der Waals surface area (Å²) in [6.45, 7) is 8.11. The quantitative estimate of drug-likeness (QED) is 0.332. The maximum atomic E-state index is 12.7. The van der Waals surface area contributed by atoms with E-state index < -0.39 is 5.97 Å². The van der Waals surface area contributed by atoms with Gasteiger partial charge in [0.1, 0.15) is 5.75 Å². The van der Waals surface area contributed by atoms with E-state index >= 15 is 0 Å². The molecule has 0 bridgehead atoms. The van der Waals surface area contributed by atoms with Gasteiger partial charge in [0.05, 0.1) is 12.1 Å². The van der Waals surface area contributed by atoms with Gasteiger partial charge >= 0.3 is 5.97 Å². The Hall–Kier alpha value is -3.51. The van der Waals surface area contributed by atoms with Gasteiger partial charge in [-0.25, -0.2) is 4.79 Å². The van der Waals surface area contributed by atoms with Crippen molar-refractivity contribution in [3.63, 3.8) is 0 Å². The number of pyridine rings is 1. The Morgan fingerprint density at radius 1 is 0.968 bits per heavy atom. The van der Waals surface area contributed by atoms with E-state index in [1.807, 2.05) is 52.0 Å². The molecule has 0 saturated carbocycles. The molecule has 160 valence electrons. The average molecular weight is 418 g/mol. The van der Waals surface area contributed by atoms with Crippen LogP contribution in [0.4, 0.5) is 0 Å². The lowest BCUT2D eigenvalue weighted by Gasteiger charge is -2.20. The number of carbonyl (C=O) groups is 2. The van der Waals surface area contributed by atoms with E-state index in [1.54, 1.807) is 30.5 Å². The molecule has 1 N–H and O–H groups in total. The van der Waals surface area contributed by atoms with Crippen molar-refractivity contribution in [3.05, 3.63) is 83.7 Å². The number of hydrogen-bond donors (Lipinski definition) is 1. The van der Waals surface area contributed by atoms with E-state index in [1.165, 1.54) is 12.3 Å². The maximum Gasteiger partial charge on any atom is 0.345 e. The number of aryl methyl sites for hydroxylation is 1. The van der Waals surface area contributed by atoms with Gasteiger partial charge in [-0.05, 0) is 70.2 Å². The third kappa shape index (κ3) is 6.49. The van der Waals surface area contributed by atoms with Crippen LogP contribution in [-0.2, 0) is 0 Å². The maximum absolute atomic E-state index is 12.7. The molecule has 0 aliphatic carbocycles. The predicted molar refractivity (Wildman–Crippen MR) is 119 cm³/mol. The van der Waals surface area contributed by atoms with Gasteiger partial charge in [-0.3, -0.25) is 9.78 Å². The number of rotatable bonds is 7. The molecule has 0 spiro atoms. The molecule has 0 aliphatic rings. The molecule has 3 aromatic rings. The first-order valence-corrected chi connectivity index (χ1v) is 10.0. The van der Waals surface area contributed by atoms with E-state index in [0.29, 0.717) is 22.6 Å². The summed E-state index contributed by atoms with van der Waals surface area (Å²) in [5, 5.41) is 3.17. The second-order valence-electron chi connectivity index (χ2n) is 8.23. The zero-order chi connectivity index (χ0) is 22.4. The first kappa shape index (κ1) is 22.2. The number of aromatic nitrogens is 1.